The SMILES string of the molecule is CC(C)NC(=O)Nc1ccc(-c2ccc(Cl)cc2)c(COc2ccc(-c3nc4cc(C(=O)O)ccc4n3C3CCCCC3)c(F)c2)c1.Cl. The Kier molecular flexibility index (Phi) is 10.9. The van der Waals surface area contributed by atoms with Crippen LogP contribution in [-0.2, 0) is 6.61 Å². The van der Waals surface area contributed by atoms with Crippen molar-refractivity contribution in [3.63, 3.8) is 0 Å². The van der Waals surface area contributed by atoms with Crippen LogP contribution in [0.2, 0.25) is 5.02 Å². The number of rotatable bonds is 9. The summed E-state index contributed by atoms with van der Waals surface area (Å²) in [4.78, 5) is 28.8. The lowest BCUT2D eigenvalue weighted by molar-refractivity contribution is 0.0697. The van der Waals surface area contributed by atoms with E-state index >= 15 is 4.39 Å². The lowest BCUT2D eigenvalue weighted by Gasteiger charge is -2.25. The first-order chi connectivity index (χ1) is 22.7. The van der Waals surface area contributed by atoms with Crippen LogP contribution in [-0.4, -0.2) is 32.7 Å². The number of amides is 2. The van der Waals surface area contributed by atoms with Crippen molar-refractivity contribution in [1.29, 1.82) is 0 Å². The van der Waals surface area contributed by atoms with E-state index in [0.29, 0.717) is 33.4 Å². The summed E-state index contributed by atoms with van der Waals surface area (Å²) < 4.78 is 24.2. The number of aromatic nitrogens is 2. The van der Waals surface area contributed by atoms with Gasteiger partial charge in [0.1, 0.15) is 24.0 Å². The van der Waals surface area contributed by atoms with E-state index in [9.17, 15) is 14.7 Å². The van der Waals surface area contributed by atoms with E-state index < -0.39 is 11.8 Å². The number of aromatic carboxylic acids is 1. The van der Waals surface area contributed by atoms with Gasteiger partial charge in [0, 0.05) is 28.9 Å². The topological polar surface area (TPSA) is 105 Å². The van der Waals surface area contributed by atoms with Crippen molar-refractivity contribution in [2.45, 2.75) is 64.6 Å². The van der Waals surface area contributed by atoms with Gasteiger partial charge in [-0.2, -0.15) is 0 Å². The predicted molar refractivity (Wildman–Crippen MR) is 190 cm³/mol. The first-order valence-corrected chi connectivity index (χ1v) is 16.2. The van der Waals surface area contributed by atoms with Crippen LogP contribution in [0.25, 0.3) is 33.5 Å². The third-order valence-electron chi connectivity index (χ3n) is 8.39. The number of anilines is 1. The summed E-state index contributed by atoms with van der Waals surface area (Å²) in [5, 5.41) is 15.8. The van der Waals surface area contributed by atoms with Gasteiger partial charge in [0.15, 0.2) is 0 Å². The molecule has 0 atom stereocenters. The zero-order valence-electron chi connectivity index (χ0n) is 26.6. The summed E-state index contributed by atoms with van der Waals surface area (Å²) in [7, 11) is 0. The van der Waals surface area contributed by atoms with E-state index in [1.54, 1.807) is 42.5 Å². The molecule has 11 heteroatoms. The second kappa shape index (κ2) is 15.1. The maximum absolute atomic E-state index is 15.9. The summed E-state index contributed by atoms with van der Waals surface area (Å²) >= 11 is 6.13. The Morgan fingerprint density at radius 3 is 2.40 bits per heavy atom. The predicted octanol–water partition coefficient (Wildman–Crippen LogP) is 9.90. The Hall–Kier alpha value is -4.60. The van der Waals surface area contributed by atoms with Crippen LogP contribution in [0, 0.1) is 5.82 Å². The molecule has 4 aromatic carbocycles. The average Bonchev–Trinajstić information content (AvgIpc) is 3.43. The van der Waals surface area contributed by atoms with Gasteiger partial charge < -0.3 is 25.0 Å². The first-order valence-electron chi connectivity index (χ1n) is 15.8. The maximum Gasteiger partial charge on any atom is 0.335 e. The standard InChI is InChI=1S/C37H36ClFN4O4.ClH/c1-22(2)40-37(46)41-27-13-15-30(23-8-11-26(38)12-9-23)25(18-27)21-47-29-14-16-31(32(39)20-29)35-42-33-19-24(36(44)45)10-17-34(33)43(35)28-6-4-3-5-7-28;/h8-20,22,28H,3-7,21H2,1-2H3,(H,44,45)(H2,40,41,46);1H. The molecule has 0 radical (unpaired) electrons. The van der Waals surface area contributed by atoms with Gasteiger partial charge in [-0.15, -0.1) is 12.4 Å². The number of nitrogens with one attached hydrogen (secondary N) is 2. The lowest BCUT2D eigenvalue weighted by Crippen LogP contribution is -2.34. The molecule has 5 aromatic rings. The van der Waals surface area contributed by atoms with E-state index in [2.05, 4.69) is 15.2 Å². The van der Waals surface area contributed by atoms with Gasteiger partial charge in [0.2, 0.25) is 0 Å². The van der Waals surface area contributed by atoms with Crippen molar-refractivity contribution < 1.29 is 23.8 Å². The van der Waals surface area contributed by atoms with Crippen LogP contribution in [0.15, 0.2) is 78.9 Å². The Morgan fingerprint density at radius 2 is 1.71 bits per heavy atom. The minimum atomic E-state index is -1.03. The molecule has 8 nitrogen and oxygen atoms in total. The van der Waals surface area contributed by atoms with E-state index in [4.69, 9.17) is 21.3 Å². The first kappa shape index (κ1) is 34.7. The number of urea groups is 1. The Bertz CT molecular complexity index is 1940. The van der Waals surface area contributed by atoms with Gasteiger partial charge in [-0.05, 0) is 98.0 Å². The van der Waals surface area contributed by atoms with E-state index in [-0.39, 0.29) is 42.7 Å². The molecule has 3 N–H and O–H groups in total. The highest BCUT2D eigenvalue weighted by atomic mass is 35.5. The number of ether oxygens (including phenoxy) is 1. The van der Waals surface area contributed by atoms with Gasteiger partial charge in [-0.3, -0.25) is 0 Å². The number of carboxylic acid groups (broad SMARTS) is 1. The molecule has 0 saturated heterocycles. The van der Waals surface area contributed by atoms with Crippen LogP contribution in [0.5, 0.6) is 5.75 Å². The van der Waals surface area contributed by atoms with Crippen molar-refractivity contribution >= 4 is 52.7 Å². The molecule has 250 valence electrons. The third-order valence-corrected chi connectivity index (χ3v) is 8.64. The fraction of sp³-hybridized carbons (Fsp3) is 0.270. The molecule has 1 aliphatic rings. The fourth-order valence-electron chi connectivity index (χ4n) is 6.19. The van der Waals surface area contributed by atoms with Crippen molar-refractivity contribution in [3.8, 4) is 28.3 Å². The highest BCUT2D eigenvalue weighted by Crippen LogP contribution is 2.38. The minimum absolute atomic E-state index is 0. The number of imidazole rings is 1. The highest BCUT2D eigenvalue weighted by molar-refractivity contribution is 6.30. The molecule has 48 heavy (non-hydrogen) atoms. The fourth-order valence-corrected chi connectivity index (χ4v) is 6.32. The number of fused-ring (bicyclic) bond motifs is 1. The number of hydrogen-bond acceptors (Lipinski definition) is 4. The summed E-state index contributed by atoms with van der Waals surface area (Å²) in [5.41, 5.74) is 4.95. The highest BCUT2D eigenvalue weighted by Gasteiger charge is 2.25. The number of halogens is 3. The molecule has 0 spiro atoms. The number of nitrogens with zero attached hydrogens (tertiary/aromatic N) is 2. The second-order valence-electron chi connectivity index (χ2n) is 12.2. The van der Waals surface area contributed by atoms with Crippen LogP contribution < -0.4 is 15.4 Å². The summed E-state index contributed by atoms with van der Waals surface area (Å²) in [6.07, 6.45) is 5.20. The second-order valence-corrected chi connectivity index (χ2v) is 12.6. The van der Waals surface area contributed by atoms with Crippen molar-refractivity contribution in [2.75, 3.05) is 5.32 Å². The van der Waals surface area contributed by atoms with Crippen LogP contribution in [0.4, 0.5) is 14.9 Å². The zero-order valence-corrected chi connectivity index (χ0v) is 28.2. The summed E-state index contributed by atoms with van der Waals surface area (Å²) in [6.45, 7) is 3.87. The molecule has 1 heterocycles. The van der Waals surface area contributed by atoms with E-state index in [1.807, 2.05) is 44.2 Å². The minimum Gasteiger partial charge on any atom is -0.489 e. The normalized spacial score (nSPS) is 13.3. The molecule has 0 aliphatic heterocycles. The number of benzene rings is 4. The molecular weight excluding hydrogens is 654 g/mol. The van der Waals surface area contributed by atoms with E-state index in [0.717, 1.165) is 54.3 Å². The number of carbonyl (C=O) groups excluding carboxylic acids is 1. The van der Waals surface area contributed by atoms with Gasteiger partial charge in [-0.1, -0.05) is 49.1 Å². The summed E-state index contributed by atoms with van der Waals surface area (Å²) in [6, 6.07) is 22.4. The maximum atomic E-state index is 15.9. The number of hydrogen-bond donors (Lipinski definition) is 3. The van der Waals surface area contributed by atoms with Crippen LogP contribution in [0.3, 0.4) is 0 Å². The Morgan fingerprint density at radius 1 is 0.979 bits per heavy atom. The number of carboxylic acids is 1. The van der Waals surface area contributed by atoms with Crippen LogP contribution >= 0.6 is 24.0 Å². The van der Waals surface area contributed by atoms with Gasteiger partial charge in [0.25, 0.3) is 0 Å². The van der Waals surface area contributed by atoms with E-state index in [1.165, 1.54) is 6.07 Å². The largest absolute Gasteiger partial charge is 0.489 e. The summed E-state index contributed by atoms with van der Waals surface area (Å²) in [5.74, 6) is -0.723. The van der Waals surface area contributed by atoms with Crippen molar-refractivity contribution in [1.82, 2.24) is 14.9 Å². The molecular formula is C37H37Cl2FN4O4. The zero-order chi connectivity index (χ0) is 33.1. The molecule has 6 rings (SSSR count). The molecule has 1 fully saturated rings. The molecule has 1 saturated carbocycles. The van der Waals surface area contributed by atoms with Gasteiger partial charge in [-0.25, -0.2) is 19.0 Å². The monoisotopic (exact) mass is 690 g/mol. The quantitative estimate of drug-likeness (QED) is 0.143. The smallest absolute Gasteiger partial charge is 0.335 e. The molecule has 0 bridgehead atoms. The van der Waals surface area contributed by atoms with Gasteiger partial charge >= 0.3 is 12.0 Å². The van der Waals surface area contributed by atoms with Crippen LogP contribution in [0.1, 0.15) is 67.9 Å². The average molecular weight is 692 g/mol. The van der Waals surface area contributed by atoms with Gasteiger partial charge in [0.05, 0.1) is 22.2 Å². The van der Waals surface area contributed by atoms with Crippen molar-refractivity contribution in [2.24, 2.45) is 0 Å². The molecule has 1 aromatic heterocycles. The van der Waals surface area contributed by atoms with Crippen molar-refractivity contribution in [3.05, 3.63) is 101 Å². The molecule has 0 unspecified atom stereocenters. The lowest BCUT2D eigenvalue weighted by atomic mass is 9.94. The molecule has 2 amide bonds. The number of carbonyl (C=O) groups is 2. The third kappa shape index (κ3) is 7.75. The Balaban J connectivity index is 0.00000451. The molecule has 1 aliphatic carbocycles. The Labute approximate surface area is 289 Å².